The molecular weight excluding hydrogens is 291 g/mol. The molecule has 0 spiro atoms. The molecule has 0 saturated carbocycles. The number of alkyl halides is 3. The van der Waals surface area contributed by atoms with Gasteiger partial charge in [0.15, 0.2) is 0 Å². The molecule has 0 fully saturated rings. The minimum absolute atomic E-state index is 0.142. The first kappa shape index (κ1) is 14.6. The van der Waals surface area contributed by atoms with Gasteiger partial charge in [0, 0.05) is 6.54 Å². The van der Waals surface area contributed by atoms with E-state index in [2.05, 4.69) is 5.32 Å². The maximum absolute atomic E-state index is 12.8. The van der Waals surface area contributed by atoms with Crippen molar-refractivity contribution in [2.75, 3.05) is 0 Å². The number of hydrogen-bond acceptors (Lipinski definition) is 1. The largest absolute Gasteiger partial charge is 0.416 e. The van der Waals surface area contributed by atoms with Crippen LogP contribution in [0.25, 0.3) is 0 Å². The number of halogens is 3. The zero-order chi connectivity index (χ0) is 15.7. The lowest BCUT2D eigenvalue weighted by molar-refractivity contribution is -0.137. The third-order valence-corrected chi connectivity index (χ3v) is 3.89. The number of benzene rings is 2. The molecule has 0 bridgehead atoms. The van der Waals surface area contributed by atoms with E-state index in [0.717, 1.165) is 23.3 Å². The summed E-state index contributed by atoms with van der Waals surface area (Å²) in [5, 5.41) is 2.79. The van der Waals surface area contributed by atoms with Gasteiger partial charge < -0.3 is 5.32 Å². The number of fused-ring (bicyclic) bond motifs is 1. The van der Waals surface area contributed by atoms with Crippen LogP contribution in [0.2, 0.25) is 0 Å². The average Bonchev–Trinajstić information content (AvgIpc) is 2.50. The number of amides is 1. The van der Waals surface area contributed by atoms with Gasteiger partial charge in [-0.15, -0.1) is 0 Å². The second kappa shape index (κ2) is 5.48. The Labute approximate surface area is 126 Å². The maximum atomic E-state index is 12.8. The molecule has 0 aromatic heterocycles. The third-order valence-electron chi connectivity index (χ3n) is 3.89. The summed E-state index contributed by atoms with van der Waals surface area (Å²) < 4.78 is 38.3. The van der Waals surface area contributed by atoms with Crippen LogP contribution in [0.5, 0.6) is 0 Å². The highest BCUT2D eigenvalue weighted by molar-refractivity contribution is 5.86. The average molecular weight is 305 g/mol. The molecule has 1 amide bonds. The number of carbonyl (C=O) groups excluding carboxylic acids is 1. The lowest BCUT2D eigenvalue weighted by Crippen LogP contribution is -2.35. The van der Waals surface area contributed by atoms with Crippen LogP contribution in [-0.2, 0) is 23.9 Å². The highest BCUT2D eigenvalue weighted by atomic mass is 19.4. The molecule has 1 aliphatic heterocycles. The minimum atomic E-state index is -4.37. The molecule has 5 heteroatoms. The molecule has 1 aliphatic rings. The van der Waals surface area contributed by atoms with Gasteiger partial charge in [-0.25, -0.2) is 0 Å². The van der Waals surface area contributed by atoms with E-state index in [1.807, 2.05) is 24.3 Å². The Morgan fingerprint density at radius 1 is 1.09 bits per heavy atom. The molecule has 114 valence electrons. The summed E-state index contributed by atoms with van der Waals surface area (Å²) in [6.07, 6.45) is -4.12. The summed E-state index contributed by atoms with van der Waals surface area (Å²) in [7, 11) is 0. The second-order valence-electron chi connectivity index (χ2n) is 5.37. The van der Waals surface area contributed by atoms with Gasteiger partial charge in [0.05, 0.1) is 11.5 Å². The Morgan fingerprint density at radius 3 is 2.64 bits per heavy atom. The van der Waals surface area contributed by atoms with Crippen LogP contribution in [0.1, 0.15) is 28.2 Å². The fourth-order valence-corrected chi connectivity index (χ4v) is 2.79. The van der Waals surface area contributed by atoms with Crippen molar-refractivity contribution in [2.45, 2.75) is 25.1 Å². The number of hydrogen-bond donors (Lipinski definition) is 1. The molecule has 1 heterocycles. The predicted octanol–water partition coefficient (Wildman–Crippen LogP) is 3.66. The number of carbonyl (C=O) groups is 1. The summed E-state index contributed by atoms with van der Waals surface area (Å²) >= 11 is 0. The molecule has 0 saturated heterocycles. The first-order chi connectivity index (χ1) is 10.4. The van der Waals surface area contributed by atoms with E-state index in [1.165, 1.54) is 6.07 Å². The van der Waals surface area contributed by atoms with Gasteiger partial charge in [0.2, 0.25) is 5.91 Å². The number of nitrogens with one attached hydrogen (secondary N) is 1. The van der Waals surface area contributed by atoms with E-state index in [1.54, 1.807) is 6.07 Å². The quantitative estimate of drug-likeness (QED) is 0.901. The van der Waals surface area contributed by atoms with Crippen LogP contribution >= 0.6 is 0 Å². The molecular formula is C17H14F3NO. The lowest BCUT2D eigenvalue weighted by atomic mass is 9.85. The van der Waals surface area contributed by atoms with Gasteiger partial charge in [0.1, 0.15) is 0 Å². The van der Waals surface area contributed by atoms with E-state index in [9.17, 15) is 18.0 Å². The Bertz CT molecular complexity index is 709. The Morgan fingerprint density at radius 2 is 1.86 bits per heavy atom. The van der Waals surface area contributed by atoms with Gasteiger partial charge in [-0.3, -0.25) is 4.79 Å². The van der Waals surface area contributed by atoms with Crippen LogP contribution in [0, 0.1) is 0 Å². The van der Waals surface area contributed by atoms with E-state index >= 15 is 0 Å². The van der Waals surface area contributed by atoms with Gasteiger partial charge >= 0.3 is 6.18 Å². The molecule has 22 heavy (non-hydrogen) atoms. The maximum Gasteiger partial charge on any atom is 0.416 e. The molecule has 0 radical (unpaired) electrons. The summed E-state index contributed by atoms with van der Waals surface area (Å²) in [5.74, 6) is -0.593. The Balaban J connectivity index is 1.92. The zero-order valence-electron chi connectivity index (χ0n) is 11.7. The lowest BCUT2D eigenvalue weighted by Gasteiger charge is -2.25. The summed E-state index contributed by atoms with van der Waals surface area (Å²) in [5.41, 5.74) is 1.73. The van der Waals surface area contributed by atoms with E-state index in [4.69, 9.17) is 0 Å². The van der Waals surface area contributed by atoms with Crippen molar-refractivity contribution < 1.29 is 18.0 Å². The third kappa shape index (κ3) is 2.84. The molecule has 1 atom stereocenters. The van der Waals surface area contributed by atoms with Crippen molar-refractivity contribution in [3.05, 3.63) is 70.8 Å². The summed E-state index contributed by atoms with van der Waals surface area (Å²) in [6.45, 7) is 0.466. The van der Waals surface area contributed by atoms with Crippen molar-refractivity contribution >= 4 is 5.91 Å². The smallest absolute Gasteiger partial charge is 0.351 e. The Kier molecular flexibility index (Phi) is 3.64. The molecule has 3 rings (SSSR count). The SMILES string of the molecule is O=C1NCc2ccccc2C1Cc1cccc(C(F)(F)F)c1. The van der Waals surface area contributed by atoms with Gasteiger partial charge in [-0.1, -0.05) is 42.5 Å². The standard InChI is InChI=1S/C17H14F3NO/c18-17(19,20)13-6-3-4-11(8-13)9-15-14-7-2-1-5-12(14)10-21-16(15)22/h1-8,15H,9-10H2,(H,21,22). The van der Waals surface area contributed by atoms with E-state index in [0.29, 0.717) is 12.1 Å². The summed E-state index contributed by atoms with van der Waals surface area (Å²) in [6, 6.07) is 12.7. The van der Waals surface area contributed by atoms with Gasteiger partial charge in [-0.05, 0) is 29.2 Å². The van der Waals surface area contributed by atoms with Crippen molar-refractivity contribution in [3.8, 4) is 0 Å². The van der Waals surface area contributed by atoms with Crippen molar-refractivity contribution in [1.29, 1.82) is 0 Å². The van der Waals surface area contributed by atoms with Crippen LogP contribution in [0.15, 0.2) is 48.5 Å². The monoisotopic (exact) mass is 305 g/mol. The van der Waals surface area contributed by atoms with Crippen molar-refractivity contribution in [1.82, 2.24) is 5.32 Å². The molecule has 2 aromatic rings. The van der Waals surface area contributed by atoms with Crippen LogP contribution in [0.3, 0.4) is 0 Å². The minimum Gasteiger partial charge on any atom is -0.351 e. The molecule has 2 aromatic carbocycles. The fraction of sp³-hybridized carbons (Fsp3) is 0.235. The van der Waals surface area contributed by atoms with Crippen LogP contribution < -0.4 is 5.32 Å². The number of rotatable bonds is 2. The van der Waals surface area contributed by atoms with Gasteiger partial charge in [0.25, 0.3) is 0 Å². The van der Waals surface area contributed by atoms with E-state index < -0.39 is 17.7 Å². The molecule has 1 unspecified atom stereocenters. The molecule has 1 N–H and O–H groups in total. The Hall–Kier alpha value is -2.30. The zero-order valence-corrected chi connectivity index (χ0v) is 11.7. The van der Waals surface area contributed by atoms with Crippen molar-refractivity contribution in [2.24, 2.45) is 0 Å². The first-order valence-electron chi connectivity index (χ1n) is 6.97. The molecule has 2 nitrogen and oxygen atoms in total. The second-order valence-corrected chi connectivity index (χ2v) is 5.37. The first-order valence-corrected chi connectivity index (χ1v) is 6.97. The van der Waals surface area contributed by atoms with Gasteiger partial charge in [-0.2, -0.15) is 13.2 Å². The highest BCUT2D eigenvalue weighted by Crippen LogP contribution is 2.32. The van der Waals surface area contributed by atoms with Crippen LogP contribution in [-0.4, -0.2) is 5.91 Å². The van der Waals surface area contributed by atoms with Crippen LogP contribution in [0.4, 0.5) is 13.2 Å². The topological polar surface area (TPSA) is 29.1 Å². The van der Waals surface area contributed by atoms with E-state index in [-0.39, 0.29) is 12.3 Å². The summed E-state index contributed by atoms with van der Waals surface area (Å²) in [4.78, 5) is 12.1. The van der Waals surface area contributed by atoms with Crippen molar-refractivity contribution in [3.63, 3.8) is 0 Å². The normalized spacial score (nSPS) is 17.8. The molecule has 0 aliphatic carbocycles. The predicted molar refractivity (Wildman–Crippen MR) is 76.2 cm³/mol. The fourth-order valence-electron chi connectivity index (χ4n) is 2.79. The highest BCUT2D eigenvalue weighted by Gasteiger charge is 2.31.